The number of fused-ring (bicyclic) bond motifs is 1. The lowest BCUT2D eigenvalue weighted by Crippen LogP contribution is -2.03. The molecule has 0 fully saturated rings. The van der Waals surface area contributed by atoms with Gasteiger partial charge in [-0.3, -0.25) is 0 Å². The van der Waals surface area contributed by atoms with Gasteiger partial charge in [-0.2, -0.15) is 0 Å². The van der Waals surface area contributed by atoms with Crippen molar-refractivity contribution in [3.63, 3.8) is 0 Å². The molecule has 2 aromatic carbocycles. The first-order valence-corrected chi connectivity index (χ1v) is 6.89. The van der Waals surface area contributed by atoms with Crippen LogP contribution in [0.3, 0.4) is 0 Å². The predicted molar refractivity (Wildman–Crippen MR) is 80.9 cm³/mol. The minimum atomic E-state index is -0.480. The van der Waals surface area contributed by atoms with Gasteiger partial charge in [-0.25, -0.2) is 9.78 Å². The molecule has 0 amide bonds. The van der Waals surface area contributed by atoms with Gasteiger partial charge in [-0.05, 0) is 12.1 Å². The molecule has 0 N–H and O–H groups in total. The number of rotatable bonds is 3. The van der Waals surface area contributed by atoms with Crippen LogP contribution in [0.15, 0.2) is 61.2 Å². The summed E-state index contributed by atoms with van der Waals surface area (Å²) in [5.41, 5.74) is 1.75. The van der Waals surface area contributed by atoms with Gasteiger partial charge in [-0.15, -0.1) is 11.3 Å². The molecule has 98 valence electrons. The Morgan fingerprint density at radius 3 is 2.70 bits per heavy atom. The number of ether oxygens (including phenoxy) is 1. The summed E-state index contributed by atoms with van der Waals surface area (Å²) in [7, 11) is 0. The zero-order valence-electron chi connectivity index (χ0n) is 10.6. The Balaban J connectivity index is 2.09. The summed E-state index contributed by atoms with van der Waals surface area (Å²) in [5, 5.41) is 0.905. The van der Waals surface area contributed by atoms with Crippen LogP contribution in [0.5, 0.6) is 5.75 Å². The number of para-hydroxylation sites is 1. The van der Waals surface area contributed by atoms with Crippen molar-refractivity contribution >= 4 is 27.5 Å². The van der Waals surface area contributed by atoms with Crippen molar-refractivity contribution in [2.75, 3.05) is 0 Å². The Morgan fingerprint density at radius 1 is 1.15 bits per heavy atom. The van der Waals surface area contributed by atoms with Gasteiger partial charge in [0.25, 0.3) is 0 Å². The molecule has 0 saturated heterocycles. The van der Waals surface area contributed by atoms with E-state index in [0.717, 1.165) is 21.3 Å². The smallest absolute Gasteiger partial charge is 0.335 e. The van der Waals surface area contributed by atoms with Gasteiger partial charge in [0.15, 0.2) is 5.75 Å². The van der Waals surface area contributed by atoms with Gasteiger partial charge in [-0.1, -0.05) is 43.0 Å². The lowest BCUT2D eigenvalue weighted by atomic mass is 10.2. The van der Waals surface area contributed by atoms with Gasteiger partial charge in [0.1, 0.15) is 10.5 Å². The molecular formula is C16H11NO2S. The Morgan fingerprint density at radius 2 is 1.95 bits per heavy atom. The highest BCUT2D eigenvalue weighted by Gasteiger charge is 2.11. The van der Waals surface area contributed by atoms with Crippen molar-refractivity contribution in [1.82, 2.24) is 4.98 Å². The monoisotopic (exact) mass is 281 g/mol. The Labute approximate surface area is 120 Å². The third-order valence-electron chi connectivity index (χ3n) is 2.78. The molecular weight excluding hydrogens is 270 g/mol. The lowest BCUT2D eigenvalue weighted by Gasteiger charge is -2.00. The number of aromatic nitrogens is 1. The highest BCUT2D eigenvalue weighted by atomic mass is 32.1. The Bertz CT molecular complexity index is 778. The van der Waals surface area contributed by atoms with E-state index in [-0.39, 0.29) is 0 Å². The molecule has 3 aromatic rings. The SMILES string of the molecule is C=CC(=O)Oc1cccc2sc(-c3ccccc3)nc12. The molecule has 3 nitrogen and oxygen atoms in total. The molecule has 0 bridgehead atoms. The second-order valence-corrected chi connectivity index (χ2v) is 5.14. The molecule has 4 heteroatoms. The maximum Gasteiger partial charge on any atom is 0.335 e. The van der Waals surface area contributed by atoms with Crippen molar-refractivity contribution in [3.8, 4) is 16.3 Å². The van der Waals surface area contributed by atoms with Crippen molar-refractivity contribution in [1.29, 1.82) is 0 Å². The van der Waals surface area contributed by atoms with Crippen LogP contribution in [0.2, 0.25) is 0 Å². The number of thiazole rings is 1. The first kappa shape index (κ1) is 12.6. The highest BCUT2D eigenvalue weighted by molar-refractivity contribution is 7.21. The molecule has 0 spiro atoms. The minimum absolute atomic E-state index is 0.464. The molecule has 1 heterocycles. The molecule has 20 heavy (non-hydrogen) atoms. The van der Waals surface area contributed by atoms with Crippen LogP contribution in [0, 0.1) is 0 Å². The van der Waals surface area contributed by atoms with E-state index in [1.54, 1.807) is 17.4 Å². The average molecular weight is 281 g/mol. The van der Waals surface area contributed by atoms with E-state index in [1.807, 2.05) is 42.5 Å². The molecule has 3 rings (SSSR count). The molecule has 0 aliphatic heterocycles. The fourth-order valence-electron chi connectivity index (χ4n) is 1.86. The maximum atomic E-state index is 11.3. The largest absolute Gasteiger partial charge is 0.421 e. The van der Waals surface area contributed by atoms with Crippen LogP contribution in [0.1, 0.15) is 0 Å². The van der Waals surface area contributed by atoms with Crippen LogP contribution in [-0.4, -0.2) is 11.0 Å². The molecule has 0 radical (unpaired) electrons. The topological polar surface area (TPSA) is 39.2 Å². The van der Waals surface area contributed by atoms with Crippen molar-refractivity contribution < 1.29 is 9.53 Å². The van der Waals surface area contributed by atoms with E-state index in [9.17, 15) is 4.79 Å². The summed E-state index contributed by atoms with van der Waals surface area (Å²) in [6, 6.07) is 15.5. The van der Waals surface area contributed by atoms with E-state index in [4.69, 9.17) is 4.74 Å². The van der Waals surface area contributed by atoms with E-state index in [1.165, 1.54) is 0 Å². The number of hydrogen-bond donors (Lipinski definition) is 0. The summed E-state index contributed by atoms with van der Waals surface area (Å²) in [4.78, 5) is 15.9. The molecule has 0 unspecified atom stereocenters. The minimum Gasteiger partial charge on any atom is -0.421 e. The first-order valence-electron chi connectivity index (χ1n) is 6.07. The van der Waals surface area contributed by atoms with Gasteiger partial charge >= 0.3 is 5.97 Å². The number of carbonyl (C=O) groups excluding carboxylic acids is 1. The zero-order chi connectivity index (χ0) is 13.9. The summed E-state index contributed by atoms with van der Waals surface area (Å²) in [6.45, 7) is 3.40. The maximum absolute atomic E-state index is 11.3. The molecule has 1 aromatic heterocycles. The van der Waals surface area contributed by atoms with Crippen molar-refractivity contribution in [2.24, 2.45) is 0 Å². The third kappa shape index (κ3) is 2.33. The predicted octanol–water partition coefficient (Wildman–Crippen LogP) is 4.05. The average Bonchev–Trinajstić information content (AvgIpc) is 2.93. The summed E-state index contributed by atoms with van der Waals surface area (Å²) >= 11 is 1.57. The molecule has 0 aliphatic carbocycles. The second-order valence-electron chi connectivity index (χ2n) is 4.11. The van der Waals surface area contributed by atoms with Crippen LogP contribution < -0.4 is 4.74 Å². The summed E-state index contributed by atoms with van der Waals surface area (Å²) < 4.78 is 6.20. The van der Waals surface area contributed by atoms with Gasteiger partial charge < -0.3 is 4.74 Å². The fraction of sp³-hybridized carbons (Fsp3) is 0. The van der Waals surface area contributed by atoms with E-state index >= 15 is 0 Å². The van der Waals surface area contributed by atoms with Crippen LogP contribution in [0.25, 0.3) is 20.8 Å². The van der Waals surface area contributed by atoms with Crippen LogP contribution in [0.4, 0.5) is 0 Å². The van der Waals surface area contributed by atoms with E-state index in [0.29, 0.717) is 11.3 Å². The van der Waals surface area contributed by atoms with Gasteiger partial charge in [0.05, 0.1) is 4.70 Å². The van der Waals surface area contributed by atoms with Crippen molar-refractivity contribution in [2.45, 2.75) is 0 Å². The molecule has 0 aliphatic rings. The summed E-state index contributed by atoms with van der Waals surface area (Å²) in [5.74, 6) is -0.0161. The number of nitrogens with zero attached hydrogens (tertiary/aromatic N) is 1. The number of benzene rings is 2. The lowest BCUT2D eigenvalue weighted by molar-refractivity contribution is -0.128. The Hall–Kier alpha value is -2.46. The van der Waals surface area contributed by atoms with Crippen LogP contribution in [-0.2, 0) is 4.79 Å². The van der Waals surface area contributed by atoms with E-state index < -0.39 is 5.97 Å². The number of hydrogen-bond acceptors (Lipinski definition) is 4. The quantitative estimate of drug-likeness (QED) is 0.413. The van der Waals surface area contributed by atoms with Gasteiger partial charge in [0, 0.05) is 11.6 Å². The first-order chi connectivity index (χ1) is 9.78. The molecule has 0 atom stereocenters. The van der Waals surface area contributed by atoms with E-state index in [2.05, 4.69) is 11.6 Å². The molecule has 0 saturated carbocycles. The normalized spacial score (nSPS) is 10.4. The fourth-order valence-corrected chi connectivity index (χ4v) is 2.85. The third-order valence-corrected chi connectivity index (χ3v) is 3.85. The van der Waals surface area contributed by atoms with Crippen LogP contribution >= 0.6 is 11.3 Å². The van der Waals surface area contributed by atoms with Crippen molar-refractivity contribution in [3.05, 3.63) is 61.2 Å². The number of carbonyl (C=O) groups is 1. The standard InChI is InChI=1S/C16H11NO2S/c1-2-14(18)19-12-9-6-10-13-15(12)17-16(20-13)11-7-4-3-5-8-11/h2-10H,1H2. The number of esters is 1. The zero-order valence-corrected chi connectivity index (χ0v) is 11.4. The second kappa shape index (κ2) is 5.27. The highest BCUT2D eigenvalue weighted by Crippen LogP contribution is 2.34. The van der Waals surface area contributed by atoms with Gasteiger partial charge in [0.2, 0.25) is 0 Å². The summed E-state index contributed by atoms with van der Waals surface area (Å²) in [6.07, 6.45) is 1.14. The Kier molecular flexibility index (Phi) is 3.31.